The number of benzene rings is 1. The van der Waals surface area contributed by atoms with Crippen LogP contribution in [0.3, 0.4) is 0 Å². The van der Waals surface area contributed by atoms with Gasteiger partial charge in [-0.3, -0.25) is 0 Å². The monoisotopic (exact) mass is 309 g/mol. The first-order valence-electron chi connectivity index (χ1n) is 7.85. The van der Waals surface area contributed by atoms with Gasteiger partial charge in [-0.25, -0.2) is 8.42 Å². The van der Waals surface area contributed by atoms with Crippen LogP contribution < -0.4 is 5.32 Å². The number of rotatable bonds is 5. The van der Waals surface area contributed by atoms with Crippen molar-refractivity contribution in [2.24, 2.45) is 0 Å². The lowest BCUT2D eigenvalue weighted by Crippen LogP contribution is -2.45. The van der Waals surface area contributed by atoms with E-state index in [2.05, 4.69) is 50.4 Å². The van der Waals surface area contributed by atoms with Gasteiger partial charge in [-0.2, -0.15) is 0 Å². The Balaban J connectivity index is 1.96. The molecular weight excluding hydrogens is 282 g/mol. The molecule has 0 spiro atoms. The van der Waals surface area contributed by atoms with Gasteiger partial charge in [0.15, 0.2) is 9.84 Å². The van der Waals surface area contributed by atoms with Crippen LogP contribution >= 0.6 is 0 Å². The van der Waals surface area contributed by atoms with Crippen LogP contribution in [0.4, 0.5) is 0 Å². The average Bonchev–Trinajstić information content (AvgIpc) is 2.44. The smallest absolute Gasteiger partial charge is 0.151 e. The Morgan fingerprint density at radius 2 is 1.90 bits per heavy atom. The van der Waals surface area contributed by atoms with Gasteiger partial charge in [0.1, 0.15) is 0 Å². The molecule has 0 bridgehead atoms. The van der Waals surface area contributed by atoms with E-state index < -0.39 is 9.84 Å². The Kier molecular flexibility index (Phi) is 5.10. The van der Waals surface area contributed by atoms with E-state index in [4.69, 9.17) is 0 Å². The molecule has 1 aliphatic rings. The fourth-order valence-corrected chi connectivity index (χ4v) is 4.55. The third-order valence-electron chi connectivity index (χ3n) is 4.44. The first kappa shape index (κ1) is 16.5. The summed E-state index contributed by atoms with van der Waals surface area (Å²) >= 11 is 0. The second-order valence-corrected chi connectivity index (χ2v) is 9.00. The normalized spacial score (nSPS) is 22.1. The van der Waals surface area contributed by atoms with Crippen LogP contribution in [0.5, 0.6) is 0 Å². The molecule has 1 saturated heterocycles. The largest absolute Gasteiger partial charge is 0.312 e. The van der Waals surface area contributed by atoms with Crippen molar-refractivity contribution in [3.05, 3.63) is 35.4 Å². The molecule has 1 fully saturated rings. The summed E-state index contributed by atoms with van der Waals surface area (Å²) in [5.41, 5.74) is 2.65. The van der Waals surface area contributed by atoms with E-state index in [1.807, 2.05) is 0 Å². The summed E-state index contributed by atoms with van der Waals surface area (Å²) in [7, 11) is -2.84. The Morgan fingerprint density at radius 1 is 1.24 bits per heavy atom. The first-order valence-corrected chi connectivity index (χ1v) is 9.68. The fourth-order valence-electron chi connectivity index (χ4n) is 2.88. The van der Waals surface area contributed by atoms with Crippen molar-refractivity contribution in [2.45, 2.75) is 51.5 Å². The molecule has 3 nitrogen and oxygen atoms in total. The highest BCUT2D eigenvalue weighted by molar-refractivity contribution is 7.91. The Hall–Kier alpha value is -0.870. The third kappa shape index (κ3) is 4.55. The maximum absolute atomic E-state index is 11.7. The van der Waals surface area contributed by atoms with Crippen LogP contribution in [-0.2, 0) is 21.7 Å². The molecule has 1 N–H and O–H groups in total. The predicted molar refractivity (Wildman–Crippen MR) is 88.5 cm³/mol. The standard InChI is InChI=1S/C17H27NO2S/c1-4-14-7-9-15(10-8-14)17(2,3)13-18-16-6-5-11-21(19,20)12-16/h7-10,16,18H,4-6,11-13H2,1-3H3. The van der Waals surface area contributed by atoms with E-state index >= 15 is 0 Å². The van der Waals surface area contributed by atoms with E-state index in [9.17, 15) is 8.42 Å². The van der Waals surface area contributed by atoms with Crippen molar-refractivity contribution in [3.63, 3.8) is 0 Å². The van der Waals surface area contributed by atoms with Gasteiger partial charge in [-0.05, 0) is 30.4 Å². The molecule has 1 aromatic rings. The van der Waals surface area contributed by atoms with Crippen molar-refractivity contribution < 1.29 is 8.42 Å². The molecule has 1 aliphatic heterocycles. The molecule has 1 unspecified atom stereocenters. The third-order valence-corrected chi connectivity index (χ3v) is 6.26. The lowest BCUT2D eigenvalue weighted by molar-refractivity contribution is 0.408. The predicted octanol–water partition coefficient (Wildman–Crippen LogP) is 2.69. The highest BCUT2D eigenvalue weighted by Gasteiger charge is 2.27. The quantitative estimate of drug-likeness (QED) is 0.909. The summed E-state index contributed by atoms with van der Waals surface area (Å²) in [4.78, 5) is 0. The molecule has 21 heavy (non-hydrogen) atoms. The lowest BCUT2D eigenvalue weighted by atomic mass is 9.84. The minimum Gasteiger partial charge on any atom is -0.312 e. The maximum atomic E-state index is 11.7. The zero-order valence-corrected chi connectivity index (χ0v) is 14.2. The average molecular weight is 309 g/mol. The summed E-state index contributed by atoms with van der Waals surface area (Å²) < 4.78 is 23.4. The SMILES string of the molecule is CCc1ccc(C(C)(C)CNC2CCCS(=O)(=O)C2)cc1. The fraction of sp³-hybridized carbons (Fsp3) is 0.647. The molecule has 2 rings (SSSR count). The molecule has 118 valence electrons. The van der Waals surface area contributed by atoms with E-state index in [0.29, 0.717) is 5.75 Å². The zero-order chi connectivity index (χ0) is 15.5. The number of aryl methyl sites for hydroxylation is 1. The number of hydrogen-bond acceptors (Lipinski definition) is 3. The van der Waals surface area contributed by atoms with Gasteiger partial charge < -0.3 is 5.32 Å². The Labute approximate surface area is 129 Å². The molecule has 0 saturated carbocycles. The van der Waals surface area contributed by atoms with Crippen LogP contribution in [0, 0.1) is 0 Å². The first-order chi connectivity index (χ1) is 9.82. The summed E-state index contributed by atoms with van der Waals surface area (Å²) in [6.45, 7) is 7.38. The van der Waals surface area contributed by atoms with Crippen molar-refractivity contribution in [1.82, 2.24) is 5.32 Å². The summed E-state index contributed by atoms with van der Waals surface area (Å²) in [5, 5.41) is 3.47. The van der Waals surface area contributed by atoms with Gasteiger partial charge >= 0.3 is 0 Å². The van der Waals surface area contributed by atoms with E-state index in [-0.39, 0.29) is 17.2 Å². The van der Waals surface area contributed by atoms with Crippen molar-refractivity contribution in [1.29, 1.82) is 0 Å². The van der Waals surface area contributed by atoms with Gasteiger partial charge in [0, 0.05) is 18.0 Å². The van der Waals surface area contributed by atoms with Crippen LogP contribution in [0.1, 0.15) is 44.7 Å². The highest BCUT2D eigenvalue weighted by Crippen LogP contribution is 2.23. The topological polar surface area (TPSA) is 46.2 Å². The van der Waals surface area contributed by atoms with Gasteiger partial charge in [-0.1, -0.05) is 45.0 Å². The Bertz CT molecular complexity index is 561. The summed E-state index contributed by atoms with van der Waals surface area (Å²) in [6.07, 6.45) is 2.80. The van der Waals surface area contributed by atoms with Crippen LogP contribution in [0.15, 0.2) is 24.3 Å². The van der Waals surface area contributed by atoms with Crippen molar-refractivity contribution in [3.8, 4) is 0 Å². The van der Waals surface area contributed by atoms with E-state index in [0.717, 1.165) is 25.8 Å². The van der Waals surface area contributed by atoms with Crippen LogP contribution in [0.25, 0.3) is 0 Å². The minimum atomic E-state index is -2.84. The minimum absolute atomic E-state index is 0.00742. The van der Waals surface area contributed by atoms with Crippen LogP contribution in [0.2, 0.25) is 0 Å². The van der Waals surface area contributed by atoms with E-state index in [1.54, 1.807) is 0 Å². The molecule has 0 aliphatic carbocycles. The molecule has 1 atom stereocenters. The highest BCUT2D eigenvalue weighted by atomic mass is 32.2. The summed E-state index contributed by atoms with van der Waals surface area (Å²) in [6, 6.07) is 8.86. The van der Waals surface area contributed by atoms with Crippen molar-refractivity contribution in [2.75, 3.05) is 18.1 Å². The number of sulfone groups is 1. The van der Waals surface area contributed by atoms with Crippen molar-refractivity contribution >= 4 is 9.84 Å². The van der Waals surface area contributed by atoms with Gasteiger partial charge in [0.05, 0.1) is 11.5 Å². The zero-order valence-electron chi connectivity index (χ0n) is 13.4. The van der Waals surface area contributed by atoms with Gasteiger partial charge in [-0.15, -0.1) is 0 Å². The molecular formula is C17H27NO2S. The molecule has 0 aromatic heterocycles. The number of hydrogen-bond donors (Lipinski definition) is 1. The molecule has 4 heteroatoms. The second-order valence-electron chi connectivity index (χ2n) is 6.77. The van der Waals surface area contributed by atoms with Gasteiger partial charge in [0.2, 0.25) is 0 Å². The molecule has 1 aromatic carbocycles. The molecule has 0 radical (unpaired) electrons. The Morgan fingerprint density at radius 3 is 2.48 bits per heavy atom. The maximum Gasteiger partial charge on any atom is 0.151 e. The lowest BCUT2D eigenvalue weighted by Gasteiger charge is -2.30. The second kappa shape index (κ2) is 6.49. The molecule has 1 heterocycles. The number of nitrogens with one attached hydrogen (secondary N) is 1. The summed E-state index contributed by atoms with van der Waals surface area (Å²) in [5.74, 6) is 0.644. The molecule has 0 amide bonds. The van der Waals surface area contributed by atoms with E-state index in [1.165, 1.54) is 11.1 Å². The van der Waals surface area contributed by atoms with Gasteiger partial charge in [0.25, 0.3) is 0 Å². The van der Waals surface area contributed by atoms with Crippen LogP contribution in [-0.4, -0.2) is 32.5 Å².